The standard InChI is InChI=1S/C8H9ClFNO2/c1-12-2-3-13-6-4-7(10)8(9)11-5-6/h4-5H,2-3H2,1H3/i1D3. The van der Waals surface area contributed by atoms with Crippen LogP contribution >= 0.6 is 11.6 Å². The molecule has 1 heterocycles. The van der Waals surface area contributed by atoms with Gasteiger partial charge in [-0.1, -0.05) is 11.6 Å². The number of aromatic nitrogens is 1. The first-order chi connectivity index (χ1) is 7.38. The summed E-state index contributed by atoms with van der Waals surface area (Å²) in [5.41, 5.74) is 0. The van der Waals surface area contributed by atoms with Crippen molar-refractivity contribution in [2.75, 3.05) is 20.3 Å². The Morgan fingerprint density at radius 2 is 2.54 bits per heavy atom. The fourth-order valence-electron chi connectivity index (χ4n) is 0.684. The van der Waals surface area contributed by atoms with Crippen LogP contribution in [-0.4, -0.2) is 25.2 Å². The number of methoxy groups -OCH3 is 1. The quantitative estimate of drug-likeness (QED) is 0.560. The summed E-state index contributed by atoms with van der Waals surface area (Å²) in [7, 11) is -2.45. The SMILES string of the molecule is [2H]C([2H])([2H])OCCOc1cnc(Cl)c(F)c1. The molecule has 0 N–H and O–H groups in total. The van der Waals surface area contributed by atoms with Gasteiger partial charge in [0, 0.05) is 13.1 Å². The van der Waals surface area contributed by atoms with Gasteiger partial charge >= 0.3 is 0 Å². The molecule has 13 heavy (non-hydrogen) atoms. The van der Waals surface area contributed by atoms with Crippen molar-refractivity contribution in [2.45, 2.75) is 0 Å². The minimum Gasteiger partial charge on any atom is -0.489 e. The van der Waals surface area contributed by atoms with E-state index < -0.39 is 12.9 Å². The summed E-state index contributed by atoms with van der Waals surface area (Å²) < 4.78 is 42.6. The van der Waals surface area contributed by atoms with E-state index in [-0.39, 0.29) is 24.1 Å². The van der Waals surface area contributed by atoms with Gasteiger partial charge in [-0.25, -0.2) is 9.37 Å². The molecule has 0 saturated heterocycles. The van der Waals surface area contributed by atoms with Crippen LogP contribution in [0.4, 0.5) is 4.39 Å². The summed E-state index contributed by atoms with van der Waals surface area (Å²) in [6.45, 7) is -0.137. The Hall–Kier alpha value is -0.870. The highest BCUT2D eigenvalue weighted by atomic mass is 35.5. The highest BCUT2D eigenvalue weighted by molar-refractivity contribution is 6.29. The highest BCUT2D eigenvalue weighted by Crippen LogP contribution is 2.16. The lowest BCUT2D eigenvalue weighted by Crippen LogP contribution is -2.04. The molecule has 0 spiro atoms. The molecule has 0 aliphatic carbocycles. The topological polar surface area (TPSA) is 31.4 Å². The number of nitrogens with zero attached hydrogens (tertiary/aromatic N) is 1. The molecule has 0 atom stereocenters. The smallest absolute Gasteiger partial charge is 0.164 e. The van der Waals surface area contributed by atoms with E-state index in [1.807, 2.05) is 0 Å². The highest BCUT2D eigenvalue weighted by Gasteiger charge is 2.02. The van der Waals surface area contributed by atoms with Gasteiger partial charge in [-0.15, -0.1) is 0 Å². The molecular formula is C8H9ClFNO2. The molecule has 3 nitrogen and oxygen atoms in total. The lowest BCUT2D eigenvalue weighted by Gasteiger charge is -2.04. The Morgan fingerprint density at radius 3 is 3.23 bits per heavy atom. The van der Waals surface area contributed by atoms with E-state index in [1.54, 1.807) is 0 Å². The Balaban J connectivity index is 2.35. The van der Waals surface area contributed by atoms with E-state index in [0.29, 0.717) is 0 Å². The lowest BCUT2D eigenvalue weighted by atomic mass is 10.4. The van der Waals surface area contributed by atoms with Crippen LogP contribution in [0.25, 0.3) is 0 Å². The third-order valence-electron chi connectivity index (χ3n) is 1.23. The fourth-order valence-corrected chi connectivity index (χ4v) is 0.787. The maximum Gasteiger partial charge on any atom is 0.164 e. The molecule has 0 aromatic carbocycles. The molecule has 1 aromatic heterocycles. The van der Waals surface area contributed by atoms with Gasteiger partial charge in [-0.3, -0.25) is 0 Å². The van der Waals surface area contributed by atoms with Crippen molar-refractivity contribution in [3.05, 3.63) is 23.2 Å². The van der Waals surface area contributed by atoms with E-state index >= 15 is 0 Å². The molecule has 72 valence electrons. The first-order valence-corrected chi connectivity index (χ1v) is 3.84. The predicted molar refractivity (Wildman–Crippen MR) is 46.6 cm³/mol. The predicted octanol–water partition coefficient (Wildman–Crippen LogP) is 1.90. The molecule has 1 aromatic rings. The monoisotopic (exact) mass is 208 g/mol. The van der Waals surface area contributed by atoms with Crippen molar-refractivity contribution >= 4 is 11.6 Å². The maximum atomic E-state index is 12.9. The zero-order valence-corrected chi connectivity index (χ0v) is 7.34. The summed E-state index contributed by atoms with van der Waals surface area (Å²) in [5.74, 6) is -0.535. The third kappa shape index (κ3) is 3.16. The average molecular weight is 209 g/mol. The summed E-state index contributed by atoms with van der Waals surface area (Å²) in [6, 6.07) is 1.06. The van der Waals surface area contributed by atoms with Crippen LogP contribution in [0, 0.1) is 5.82 Å². The summed E-state index contributed by atoms with van der Waals surface area (Å²) in [5, 5.41) is -0.244. The van der Waals surface area contributed by atoms with Crippen molar-refractivity contribution < 1.29 is 18.0 Å². The first kappa shape index (κ1) is 6.56. The number of hydrogen-bond acceptors (Lipinski definition) is 3. The van der Waals surface area contributed by atoms with Crippen molar-refractivity contribution in [3.8, 4) is 5.75 Å². The van der Waals surface area contributed by atoms with Crippen LogP contribution in [0.1, 0.15) is 4.11 Å². The van der Waals surface area contributed by atoms with Crippen LogP contribution in [0.3, 0.4) is 0 Å². The molecule has 0 fully saturated rings. The number of ether oxygens (including phenoxy) is 2. The van der Waals surface area contributed by atoms with Gasteiger partial charge in [0.15, 0.2) is 11.0 Å². The zero-order chi connectivity index (χ0) is 12.2. The van der Waals surface area contributed by atoms with Gasteiger partial charge in [-0.2, -0.15) is 0 Å². The average Bonchev–Trinajstić information content (AvgIpc) is 2.17. The molecular weight excluding hydrogens is 197 g/mol. The van der Waals surface area contributed by atoms with Crippen molar-refractivity contribution in [2.24, 2.45) is 0 Å². The van der Waals surface area contributed by atoms with E-state index in [1.165, 1.54) is 6.20 Å². The van der Waals surface area contributed by atoms with E-state index in [0.717, 1.165) is 6.07 Å². The third-order valence-corrected chi connectivity index (χ3v) is 1.50. The molecule has 0 aliphatic heterocycles. The molecule has 0 radical (unpaired) electrons. The summed E-state index contributed by atoms with van der Waals surface area (Å²) in [6.07, 6.45) is 1.24. The van der Waals surface area contributed by atoms with Crippen molar-refractivity contribution in [1.29, 1.82) is 0 Å². The van der Waals surface area contributed by atoms with E-state index in [2.05, 4.69) is 9.72 Å². The van der Waals surface area contributed by atoms with Crippen molar-refractivity contribution in [1.82, 2.24) is 4.98 Å². The first-order valence-electron chi connectivity index (χ1n) is 4.96. The van der Waals surface area contributed by atoms with Crippen LogP contribution < -0.4 is 4.74 Å². The second-order valence-corrected chi connectivity index (χ2v) is 2.50. The van der Waals surface area contributed by atoms with Gasteiger partial charge in [0.05, 0.1) is 16.9 Å². The van der Waals surface area contributed by atoms with Crippen LogP contribution in [0.2, 0.25) is 5.15 Å². The Kier molecular flexibility index (Phi) is 2.52. The van der Waals surface area contributed by atoms with Gasteiger partial charge in [-0.05, 0) is 0 Å². The summed E-state index contributed by atoms with van der Waals surface area (Å²) in [4.78, 5) is 3.52. The number of pyridine rings is 1. The van der Waals surface area contributed by atoms with Gasteiger partial charge in [0.2, 0.25) is 0 Å². The number of hydrogen-bond donors (Lipinski definition) is 0. The van der Waals surface area contributed by atoms with Gasteiger partial charge in [0.1, 0.15) is 12.4 Å². The Labute approximate surface area is 84.7 Å². The van der Waals surface area contributed by atoms with E-state index in [9.17, 15) is 4.39 Å². The molecule has 0 aliphatic rings. The fraction of sp³-hybridized carbons (Fsp3) is 0.375. The molecule has 0 saturated carbocycles. The largest absolute Gasteiger partial charge is 0.489 e. The summed E-state index contributed by atoms with van der Waals surface area (Å²) >= 11 is 5.36. The van der Waals surface area contributed by atoms with Crippen molar-refractivity contribution in [3.63, 3.8) is 0 Å². The minimum absolute atomic E-state index is 0.0128. The van der Waals surface area contributed by atoms with Crippen LogP contribution in [-0.2, 0) is 4.74 Å². The van der Waals surface area contributed by atoms with Crippen LogP contribution in [0.15, 0.2) is 12.3 Å². The maximum absolute atomic E-state index is 12.9. The lowest BCUT2D eigenvalue weighted by molar-refractivity contribution is 0.146. The van der Waals surface area contributed by atoms with E-state index in [4.69, 9.17) is 20.5 Å². The van der Waals surface area contributed by atoms with Crippen LogP contribution in [0.5, 0.6) is 5.75 Å². The zero-order valence-electron chi connectivity index (χ0n) is 9.59. The Bertz CT molecular complexity index is 362. The molecule has 0 bridgehead atoms. The van der Waals surface area contributed by atoms with Gasteiger partial charge in [0.25, 0.3) is 0 Å². The minimum atomic E-state index is -2.45. The normalized spacial score (nSPS) is 14.5. The second kappa shape index (κ2) is 4.99. The van der Waals surface area contributed by atoms with Gasteiger partial charge < -0.3 is 9.47 Å². The Morgan fingerprint density at radius 1 is 1.69 bits per heavy atom. The number of rotatable bonds is 4. The molecule has 0 unspecified atom stereocenters. The number of halogens is 2. The molecule has 1 rings (SSSR count). The molecule has 0 amide bonds. The second-order valence-electron chi connectivity index (χ2n) is 2.14. The molecule has 5 heteroatoms.